The van der Waals surface area contributed by atoms with Crippen molar-refractivity contribution < 1.29 is 46.2 Å². The van der Waals surface area contributed by atoms with Crippen LogP contribution in [0.15, 0.2) is 20.7 Å². The molecule has 0 aromatic carbocycles. The zero-order valence-electron chi connectivity index (χ0n) is 21.0. The minimum absolute atomic E-state index is 0.302. The fourth-order valence-corrected chi connectivity index (χ4v) is 12.2. The maximum atomic E-state index is 13.4. The third-order valence-corrected chi connectivity index (χ3v) is 15.3. The minimum atomic E-state index is -4.13. The van der Waals surface area contributed by atoms with E-state index in [1.807, 2.05) is 0 Å². The number of β-lactam (4-membered cyclic amide) rings is 2. The first-order valence-corrected chi connectivity index (χ1v) is 15.6. The molecule has 0 aromatic heterocycles. The summed E-state index contributed by atoms with van der Waals surface area (Å²) in [5, 5.41) is 36.5. The van der Waals surface area contributed by atoms with Crippen molar-refractivity contribution in [3.63, 3.8) is 0 Å². The van der Waals surface area contributed by atoms with Gasteiger partial charge in [-0.3, -0.25) is 19.6 Å². The standard InChI is InChI=1S/C20H24N8O10S2/c1-19(15(17(31)32)27-7(29)3-9(27)39(19,35)36)5-25-13-11(21-23-25)12-14(13)26(24-22-12)6-20(2)16(18(33)34)28-8(30)4-10(28)40(20,37)38/h9-16H,3-6H2,1-2H3,(H,31,32)(H,33,34). The van der Waals surface area contributed by atoms with Crippen LogP contribution in [0.5, 0.6) is 0 Å². The first-order chi connectivity index (χ1) is 18.6. The van der Waals surface area contributed by atoms with Gasteiger partial charge in [-0.1, -0.05) is 10.4 Å². The molecule has 20 heteroatoms. The maximum Gasteiger partial charge on any atom is 0.328 e. The van der Waals surface area contributed by atoms with Crippen molar-refractivity contribution in [2.24, 2.45) is 20.7 Å². The van der Waals surface area contributed by atoms with Crippen LogP contribution in [0.25, 0.3) is 0 Å². The highest BCUT2D eigenvalue weighted by atomic mass is 32.2. The Morgan fingerprint density at radius 1 is 0.775 bits per heavy atom. The molecule has 2 amide bonds. The third-order valence-electron chi connectivity index (χ3n) is 9.73. The lowest BCUT2D eigenvalue weighted by molar-refractivity contribution is -0.158. The number of aliphatic carboxylic acids is 2. The number of carbonyl (C=O) groups excluding carboxylic acids is 2. The molecule has 0 radical (unpaired) electrons. The summed E-state index contributed by atoms with van der Waals surface area (Å²) in [5.41, 5.74) is 0. The lowest BCUT2D eigenvalue weighted by atomic mass is 9.75. The number of rotatable bonds is 6. The van der Waals surface area contributed by atoms with Crippen molar-refractivity contribution in [3.05, 3.63) is 0 Å². The summed E-state index contributed by atoms with van der Waals surface area (Å²) in [5.74, 6) is -4.08. The van der Waals surface area contributed by atoms with Gasteiger partial charge in [0.1, 0.15) is 32.3 Å². The third kappa shape index (κ3) is 2.60. The quantitative estimate of drug-likeness (QED) is 0.295. The van der Waals surface area contributed by atoms with Gasteiger partial charge in [0.25, 0.3) is 0 Å². The van der Waals surface area contributed by atoms with Crippen molar-refractivity contribution in [2.75, 3.05) is 13.1 Å². The number of carbonyl (C=O) groups is 4. The van der Waals surface area contributed by atoms with E-state index in [-0.39, 0.29) is 12.8 Å². The second-order valence-corrected chi connectivity index (χ2v) is 16.8. The van der Waals surface area contributed by atoms with E-state index in [9.17, 15) is 46.2 Å². The predicted octanol–water partition coefficient (Wildman–Crippen LogP) is -2.76. The lowest BCUT2D eigenvalue weighted by Crippen LogP contribution is -2.71. The molecule has 0 bridgehead atoms. The summed E-state index contributed by atoms with van der Waals surface area (Å²) in [6, 6.07) is -5.75. The van der Waals surface area contributed by atoms with E-state index in [4.69, 9.17) is 0 Å². The highest BCUT2D eigenvalue weighted by Gasteiger charge is 2.74. The van der Waals surface area contributed by atoms with Gasteiger partial charge in [0.05, 0.1) is 38.0 Å². The molecular weight excluding hydrogens is 576 g/mol. The van der Waals surface area contributed by atoms with Gasteiger partial charge in [-0.2, -0.15) is 10.2 Å². The topological polar surface area (TPSA) is 239 Å². The average Bonchev–Trinajstić information content (AvgIpc) is 3.42. The molecule has 6 aliphatic heterocycles. The van der Waals surface area contributed by atoms with Crippen LogP contribution in [0.3, 0.4) is 0 Å². The Bertz CT molecular complexity index is 1470. The predicted molar refractivity (Wildman–Crippen MR) is 126 cm³/mol. The second-order valence-electron chi connectivity index (χ2n) is 11.7. The number of hydrogen-bond donors (Lipinski definition) is 2. The molecular formula is C20H24N8O10S2. The lowest BCUT2D eigenvalue weighted by Gasteiger charge is -2.48. The van der Waals surface area contributed by atoms with Crippen LogP contribution in [0.1, 0.15) is 26.7 Å². The average molecular weight is 601 g/mol. The van der Waals surface area contributed by atoms with Crippen LogP contribution in [-0.4, -0.2) is 140 Å². The Kier molecular flexibility index (Phi) is 4.63. The van der Waals surface area contributed by atoms with E-state index in [1.54, 1.807) is 0 Å². The Morgan fingerprint density at radius 3 is 1.43 bits per heavy atom. The van der Waals surface area contributed by atoms with Gasteiger partial charge in [-0.05, 0) is 13.8 Å². The van der Waals surface area contributed by atoms with Crippen LogP contribution in [-0.2, 0) is 38.9 Å². The first kappa shape index (κ1) is 25.5. The number of amides is 2. The maximum absolute atomic E-state index is 13.4. The van der Waals surface area contributed by atoms with Gasteiger partial charge in [-0.15, -0.1) is 0 Å². The Hall–Kier alpha value is -3.42. The zero-order chi connectivity index (χ0) is 28.9. The summed E-state index contributed by atoms with van der Waals surface area (Å²) in [7, 11) is -8.26. The van der Waals surface area contributed by atoms with Crippen molar-refractivity contribution in [1.29, 1.82) is 0 Å². The molecule has 10 atom stereocenters. The molecule has 10 unspecified atom stereocenters. The summed E-state index contributed by atoms with van der Waals surface area (Å²) in [4.78, 5) is 50.4. The van der Waals surface area contributed by atoms with Crippen LogP contribution in [0, 0.1) is 0 Å². The van der Waals surface area contributed by atoms with E-state index in [2.05, 4.69) is 20.7 Å². The summed E-state index contributed by atoms with van der Waals surface area (Å²) in [6.07, 6.45) is -0.604. The first-order valence-electron chi connectivity index (χ1n) is 12.5. The second kappa shape index (κ2) is 7.25. The Labute approximate surface area is 226 Å². The molecule has 1 aliphatic carbocycles. The molecule has 18 nitrogen and oxygen atoms in total. The largest absolute Gasteiger partial charge is 0.480 e. The van der Waals surface area contributed by atoms with Crippen LogP contribution >= 0.6 is 0 Å². The molecule has 0 aromatic rings. The number of carboxylic acids is 2. The van der Waals surface area contributed by atoms with Crippen LogP contribution in [0.2, 0.25) is 0 Å². The zero-order valence-corrected chi connectivity index (χ0v) is 22.6. The number of nitrogens with zero attached hydrogens (tertiary/aromatic N) is 8. The van der Waals surface area contributed by atoms with E-state index in [0.717, 1.165) is 9.80 Å². The molecule has 7 rings (SSSR count). The highest BCUT2D eigenvalue weighted by Crippen LogP contribution is 2.52. The minimum Gasteiger partial charge on any atom is -0.480 e. The molecule has 216 valence electrons. The molecule has 40 heavy (non-hydrogen) atoms. The highest BCUT2D eigenvalue weighted by molar-refractivity contribution is 7.94. The molecule has 2 N–H and O–H groups in total. The van der Waals surface area contributed by atoms with Crippen molar-refractivity contribution in [1.82, 2.24) is 19.8 Å². The van der Waals surface area contributed by atoms with Gasteiger partial charge in [0, 0.05) is 0 Å². The van der Waals surface area contributed by atoms with Gasteiger partial charge >= 0.3 is 11.9 Å². The number of sulfone groups is 2. The normalized spacial score (nSPS) is 46.4. The van der Waals surface area contributed by atoms with E-state index in [1.165, 1.54) is 23.9 Å². The number of carboxylic acid groups (broad SMARTS) is 2. The van der Waals surface area contributed by atoms with Crippen molar-refractivity contribution in [2.45, 2.75) is 83.2 Å². The van der Waals surface area contributed by atoms with Crippen LogP contribution < -0.4 is 0 Å². The number of hydrogen-bond acceptors (Lipinski definition) is 14. The van der Waals surface area contributed by atoms with Gasteiger partial charge in [0.15, 0.2) is 31.8 Å². The monoisotopic (exact) mass is 600 g/mol. The van der Waals surface area contributed by atoms with Gasteiger partial charge in [0.2, 0.25) is 11.8 Å². The van der Waals surface area contributed by atoms with E-state index in [0.29, 0.717) is 0 Å². The van der Waals surface area contributed by atoms with Gasteiger partial charge < -0.3 is 20.0 Å². The molecule has 4 saturated heterocycles. The molecule has 6 heterocycles. The van der Waals surface area contributed by atoms with E-state index >= 15 is 0 Å². The smallest absolute Gasteiger partial charge is 0.328 e. The SMILES string of the molecule is CC1(CN2N=NC3C4N=NN(CC5(C)C(C(=O)O)N6C(=O)CC6S5(=O)=O)C4C32)C(C(=O)O)N2C(=O)CC2S1(=O)=O. The van der Waals surface area contributed by atoms with Crippen LogP contribution in [0.4, 0.5) is 0 Å². The fourth-order valence-electron chi connectivity index (χ4n) is 7.51. The van der Waals surface area contributed by atoms with Gasteiger partial charge in [-0.25, -0.2) is 26.4 Å². The molecule has 0 spiro atoms. The summed E-state index contributed by atoms with van der Waals surface area (Å²) >= 11 is 0. The number of fused-ring (bicyclic) bond motifs is 6. The summed E-state index contributed by atoms with van der Waals surface area (Å²) < 4.78 is 49.8. The molecule has 7 aliphatic rings. The van der Waals surface area contributed by atoms with Crippen molar-refractivity contribution >= 4 is 43.4 Å². The van der Waals surface area contributed by atoms with Crippen molar-refractivity contribution in [3.8, 4) is 0 Å². The summed E-state index contributed by atoms with van der Waals surface area (Å²) in [6.45, 7) is 1.70. The Balaban J connectivity index is 1.17. The molecule has 5 fully saturated rings. The fraction of sp³-hybridized carbons (Fsp3) is 0.800. The molecule has 1 saturated carbocycles. The Morgan fingerprint density at radius 2 is 1.12 bits per heavy atom. The van der Waals surface area contributed by atoms with E-state index < -0.39 is 113 Å².